The summed E-state index contributed by atoms with van der Waals surface area (Å²) in [7, 11) is 0. The van der Waals surface area contributed by atoms with Crippen LogP contribution in [-0.2, 0) is 11.2 Å². The normalized spacial score (nSPS) is 19.5. The van der Waals surface area contributed by atoms with Crippen LogP contribution in [0.2, 0.25) is 0 Å². The molecule has 0 radical (unpaired) electrons. The van der Waals surface area contributed by atoms with Gasteiger partial charge in [0.2, 0.25) is 0 Å². The average Bonchev–Trinajstić information content (AvgIpc) is 2.60. The van der Waals surface area contributed by atoms with E-state index in [9.17, 15) is 15.0 Å². The van der Waals surface area contributed by atoms with E-state index in [4.69, 9.17) is 0 Å². The number of rotatable bonds is 2. The van der Waals surface area contributed by atoms with Gasteiger partial charge >= 0.3 is 5.97 Å². The molecule has 2 rings (SSSR count). The molecule has 1 aliphatic rings. The van der Waals surface area contributed by atoms with Gasteiger partial charge in [-0.25, -0.2) is 0 Å². The first-order valence-corrected chi connectivity index (χ1v) is 5.48. The summed E-state index contributed by atoms with van der Waals surface area (Å²) in [6.07, 6.45) is 1.70. The van der Waals surface area contributed by atoms with Crippen molar-refractivity contribution < 1.29 is 15.0 Å². The molecule has 1 aliphatic carbocycles. The van der Waals surface area contributed by atoms with Crippen molar-refractivity contribution in [2.75, 3.05) is 0 Å². The highest BCUT2D eigenvalue weighted by Gasteiger charge is 2.41. The molecule has 86 valence electrons. The summed E-state index contributed by atoms with van der Waals surface area (Å²) < 4.78 is 0. The molecule has 1 aromatic carbocycles. The lowest BCUT2D eigenvalue weighted by Crippen LogP contribution is -2.30. The third kappa shape index (κ3) is 1.56. The lowest BCUT2D eigenvalue weighted by atomic mass is 9.76. The van der Waals surface area contributed by atoms with E-state index in [-0.39, 0.29) is 11.7 Å². The SMILES string of the molecule is CC(C)(C(=O)O)[C@H]1CCc2cc(O)ccc21. The molecule has 0 unspecified atom stereocenters. The van der Waals surface area contributed by atoms with Crippen LogP contribution in [0.25, 0.3) is 0 Å². The Morgan fingerprint density at radius 1 is 1.44 bits per heavy atom. The van der Waals surface area contributed by atoms with Crippen LogP contribution in [0.4, 0.5) is 0 Å². The Kier molecular flexibility index (Phi) is 2.41. The molecule has 1 atom stereocenters. The van der Waals surface area contributed by atoms with E-state index in [2.05, 4.69) is 0 Å². The Hall–Kier alpha value is -1.51. The van der Waals surface area contributed by atoms with Crippen LogP contribution in [0.5, 0.6) is 5.75 Å². The van der Waals surface area contributed by atoms with Crippen LogP contribution in [0, 0.1) is 5.41 Å². The van der Waals surface area contributed by atoms with E-state index >= 15 is 0 Å². The van der Waals surface area contributed by atoms with Crippen molar-refractivity contribution in [3.63, 3.8) is 0 Å². The van der Waals surface area contributed by atoms with Crippen LogP contribution >= 0.6 is 0 Å². The molecular weight excluding hydrogens is 204 g/mol. The summed E-state index contributed by atoms with van der Waals surface area (Å²) in [5.74, 6) is -0.466. The molecule has 0 aliphatic heterocycles. The van der Waals surface area contributed by atoms with Gasteiger partial charge in [0.25, 0.3) is 0 Å². The maximum absolute atomic E-state index is 11.2. The first kappa shape index (κ1) is 11.0. The van der Waals surface area contributed by atoms with Crippen LogP contribution in [0.3, 0.4) is 0 Å². The van der Waals surface area contributed by atoms with Gasteiger partial charge in [-0.15, -0.1) is 0 Å². The zero-order chi connectivity index (χ0) is 11.9. The molecule has 0 spiro atoms. The monoisotopic (exact) mass is 220 g/mol. The second kappa shape index (κ2) is 3.51. The number of aryl methyl sites for hydroxylation is 1. The molecule has 0 saturated heterocycles. The van der Waals surface area contributed by atoms with Crippen LogP contribution in [-0.4, -0.2) is 16.2 Å². The fraction of sp³-hybridized carbons (Fsp3) is 0.462. The Morgan fingerprint density at radius 2 is 2.12 bits per heavy atom. The summed E-state index contributed by atoms with van der Waals surface area (Å²) in [6.45, 7) is 3.53. The fourth-order valence-corrected chi connectivity index (χ4v) is 2.50. The molecule has 0 saturated carbocycles. The summed E-state index contributed by atoms with van der Waals surface area (Å²) >= 11 is 0. The minimum Gasteiger partial charge on any atom is -0.508 e. The molecule has 3 heteroatoms. The zero-order valence-corrected chi connectivity index (χ0v) is 9.53. The second-order valence-corrected chi connectivity index (χ2v) is 5.00. The van der Waals surface area contributed by atoms with E-state index in [1.807, 2.05) is 6.07 Å². The Balaban J connectivity index is 2.41. The molecule has 0 fully saturated rings. The van der Waals surface area contributed by atoms with E-state index in [1.165, 1.54) is 0 Å². The number of benzene rings is 1. The largest absolute Gasteiger partial charge is 0.508 e. The molecular formula is C13H16O3. The molecule has 1 aromatic rings. The van der Waals surface area contributed by atoms with Gasteiger partial charge in [-0.1, -0.05) is 6.07 Å². The summed E-state index contributed by atoms with van der Waals surface area (Å²) in [5.41, 5.74) is 1.41. The van der Waals surface area contributed by atoms with Crippen molar-refractivity contribution in [2.45, 2.75) is 32.6 Å². The molecule has 16 heavy (non-hydrogen) atoms. The van der Waals surface area contributed by atoms with Crippen molar-refractivity contribution >= 4 is 5.97 Å². The summed E-state index contributed by atoms with van der Waals surface area (Å²) in [4.78, 5) is 11.2. The second-order valence-electron chi connectivity index (χ2n) is 5.00. The van der Waals surface area contributed by atoms with Gasteiger partial charge in [-0.05, 0) is 49.9 Å². The lowest BCUT2D eigenvalue weighted by molar-refractivity contribution is -0.148. The lowest BCUT2D eigenvalue weighted by Gasteiger charge is -2.27. The van der Waals surface area contributed by atoms with Crippen molar-refractivity contribution in [1.82, 2.24) is 0 Å². The minimum atomic E-state index is -0.765. The Bertz CT molecular complexity index is 435. The van der Waals surface area contributed by atoms with E-state index < -0.39 is 11.4 Å². The van der Waals surface area contributed by atoms with Crippen LogP contribution in [0.1, 0.15) is 37.3 Å². The molecule has 0 heterocycles. The molecule has 0 bridgehead atoms. The molecule has 3 nitrogen and oxygen atoms in total. The maximum Gasteiger partial charge on any atom is 0.309 e. The number of fused-ring (bicyclic) bond motifs is 1. The number of hydrogen-bond donors (Lipinski definition) is 2. The van der Waals surface area contributed by atoms with Gasteiger partial charge in [0.15, 0.2) is 0 Å². The van der Waals surface area contributed by atoms with Crippen molar-refractivity contribution in [3.8, 4) is 5.75 Å². The number of aromatic hydroxyl groups is 1. The van der Waals surface area contributed by atoms with E-state index in [0.717, 1.165) is 24.0 Å². The van der Waals surface area contributed by atoms with Crippen molar-refractivity contribution in [1.29, 1.82) is 0 Å². The Morgan fingerprint density at radius 3 is 2.75 bits per heavy atom. The predicted molar refractivity (Wildman–Crippen MR) is 60.6 cm³/mol. The van der Waals surface area contributed by atoms with Gasteiger partial charge in [-0.2, -0.15) is 0 Å². The van der Waals surface area contributed by atoms with Crippen LogP contribution < -0.4 is 0 Å². The molecule has 0 aromatic heterocycles. The third-order valence-electron chi connectivity index (χ3n) is 3.63. The summed E-state index contributed by atoms with van der Waals surface area (Å²) in [6, 6.07) is 5.23. The maximum atomic E-state index is 11.2. The van der Waals surface area contributed by atoms with Crippen molar-refractivity contribution in [3.05, 3.63) is 29.3 Å². The van der Waals surface area contributed by atoms with Gasteiger partial charge in [0.1, 0.15) is 5.75 Å². The number of carbonyl (C=O) groups is 1. The molecule has 2 N–H and O–H groups in total. The standard InChI is InChI=1S/C13H16O3/c1-13(2,12(15)16)11-6-3-8-7-9(14)4-5-10(8)11/h4-5,7,11,14H,3,6H2,1-2H3,(H,15,16)/t11-/m0/s1. The van der Waals surface area contributed by atoms with Gasteiger partial charge in [0.05, 0.1) is 5.41 Å². The first-order chi connectivity index (χ1) is 7.43. The van der Waals surface area contributed by atoms with Crippen molar-refractivity contribution in [2.24, 2.45) is 5.41 Å². The summed E-state index contributed by atoms with van der Waals surface area (Å²) in [5, 5.41) is 18.6. The van der Waals surface area contributed by atoms with Gasteiger partial charge in [0, 0.05) is 5.92 Å². The quantitative estimate of drug-likeness (QED) is 0.805. The predicted octanol–water partition coefficient (Wildman–Crippen LogP) is 2.53. The number of aliphatic carboxylic acids is 1. The number of carboxylic acids is 1. The minimum absolute atomic E-state index is 0.0422. The van der Waals surface area contributed by atoms with E-state index in [1.54, 1.807) is 26.0 Å². The number of carboxylic acid groups (broad SMARTS) is 1. The highest BCUT2D eigenvalue weighted by Crippen LogP contribution is 2.45. The van der Waals surface area contributed by atoms with Gasteiger partial charge < -0.3 is 10.2 Å². The number of phenols is 1. The topological polar surface area (TPSA) is 57.5 Å². The first-order valence-electron chi connectivity index (χ1n) is 5.48. The highest BCUT2D eigenvalue weighted by atomic mass is 16.4. The smallest absolute Gasteiger partial charge is 0.309 e. The fourth-order valence-electron chi connectivity index (χ4n) is 2.50. The Labute approximate surface area is 94.7 Å². The highest BCUT2D eigenvalue weighted by molar-refractivity contribution is 5.75. The van der Waals surface area contributed by atoms with Crippen LogP contribution in [0.15, 0.2) is 18.2 Å². The number of phenolic OH excluding ortho intramolecular Hbond substituents is 1. The number of hydrogen-bond acceptors (Lipinski definition) is 2. The van der Waals surface area contributed by atoms with E-state index in [0.29, 0.717) is 0 Å². The molecule has 0 amide bonds. The van der Waals surface area contributed by atoms with Gasteiger partial charge in [-0.3, -0.25) is 4.79 Å². The zero-order valence-electron chi connectivity index (χ0n) is 9.53. The average molecular weight is 220 g/mol. The third-order valence-corrected chi connectivity index (χ3v) is 3.63.